The van der Waals surface area contributed by atoms with E-state index in [1.807, 2.05) is 64.1 Å². The van der Waals surface area contributed by atoms with Crippen LogP contribution < -0.4 is 51.3 Å². The number of carbonyl (C=O) groups excluding carboxylic acids is 2. The molecule has 0 atom stereocenters. The maximum absolute atomic E-state index is 13.4. The molecule has 1 aliphatic rings. The minimum Gasteiger partial charge on any atom is -1.00 e. The molecule has 1 saturated heterocycles. The van der Waals surface area contributed by atoms with Crippen LogP contribution in [0, 0.1) is 41.5 Å². The Balaban J connectivity index is 0.000000297. The molecule has 4 aromatic heterocycles. The second kappa shape index (κ2) is 26.1. The Kier molecular flexibility index (Phi) is 21.2. The first-order chi connectivity index (χ1) is 33.3. The molecule has 376 valence electrons. The molecule has 2 amide bonds. The van der Waals surface area contributed by atoms with Crippen molar-refractivity contribution in [3.8, 4) is 0 Å². The Hall–Kier alpha value is -6.05. The number of aromatic amines is 3. The van der Waals surface area contributed by atoms with Gasteiger partial charge < -0.3 is 31.7 Å². The maximum Gasteiger partial charge on any atom is 1.00 e. The van der Waals surface area contributed by atoms with Gasteiger partial charge in [-0.05, 0) is 114 Å². The zero-order chi connectivity index (χ0) is 50.8. The number of pyridine rings is 2. The van der Waals surface area contributed by atoms with Gasteiger partial charge in [0.2, 0.25) is 0 Å². The number of aryl methyl sites for hydroxylation is 5. The summed E-state index contributed by atoms with van der Waals surface area (Å²) in [5.74, 6) is -0.626. The first-order valence-corrected chi connectivity index (χ1v) is 26.0. The number of nitrogens with zero attached hydrogens (tertiary/aromatic N) is 1. The standard InChI is InChI=1S/C24H23N3O4S.C18H19N3O2.C6H5ClO2S.C4H8O.CH4.Na.H/c1-15-13-16(2)26-23(28)20(15)14-25-24(29)22-17(3)27(21-12-8-7-11-19(21)22)32(30,31)18-9-5-4-6-10-18;1-10-8-11(2)20-17(22)14(10)9-19-18(23)16-12(3)21-15-7-5-4-6-13(15)16;7-10(8,9)6-4-2-1-3-5-6;1-2-4-5-3-1;;;/h4-13H,14H2,1-3H3,(H,25,29)(H,26,28);4-8,21H,9H2,1-3H3,(H,19,23)(H,20,22);1-5H;1-4H2;1H4;;/q;;;;;+1;-1. The van der Waals surface area contributed by atoms with Crippen molar-refractivity contribution in [2.24, 2.45) is 0 Å². The second-order valence-corrected chi connectivity index (χ2v) is 20.9. The molecule has 0 saturated carbocycles. The average Bonchev–Trinajstić information content (AvgIpc) is 4.08. The van der Waals surface area contributed by atoms with Gasteiger partial charge in [-0.25, -0.2) is 20.8 Å². The zero-order valence-electron chi connectivity index (χ0n) is 41.6. The van der Waals surface area contributed by atoms with Crippen molar-refractivity contribution in [1.82, 2.24) is 29.6 Å². The fourth-order valence-electron chi connectivity index (χ4n) is 8.01. The van der Waals surface area contributed by atoms with Crippen molar-refractivity contribution in [2.75, 3.05) is 13.2 Å². The fourth-order valence-corrected chi connectivity index (χ4v) is 10.4. The van der Waals surface area contributed by atoms with Crippen LogP contribution in [0.2, 0.25) is 0 Å². The molecule has 5 heterocycles. The summed E-state index contributed by atoms with van der Waals surface area (Å²) in [5, 5.41) is 7.05. The van der Waals surface area contributed by atoms with Gasteiger partial charge in [-0.1, -0.05) is 80.2 Å². The molecule has 0 bridgehead atoms. The SMILES string of the molecule is C.C1CCOC1.Cc1cc(C)c(CNC(=O)c2c(C)[nH]c3ccccc23)c(=O)[nH]1.Cc1cc(C)c(CNC(=O)c2c(C)n(S(=O)(=O)c3ccccc3)c3ccccc23)c(=O)[nH]1.O=S(=O)(Cl)c1ccccc1.[H-].[Na+]. The molecule has 9 rings (SSSR count). The van der Waals surface area contributed by atoms with Crippen molar-refractivity contribution in [2.45, 2.75) is 84.7 Å². The number of aromatic nitrogens is 4. The van der Waals surface area contributed by atoms with Crippen LogP contribution in [0.25, 0.3) is 21.8 Å². The normalized spacial score (nSPS) is 11.9. The number of rotatable bonds is 9. The van der Waals surface area contributed by atoms with Crippen LogP contribution >= 0.6 is 10.7 Å². The minimum atomic E-state index is -3.91. The van der Waals surface area contributed by atoms with E-state index >= 15 is 0 Å². The van der Waals surface area contributed by atoms with Gasteiger partial charge in [-0.15, -0.1) is 0 Å². The topological polar surface area (TPSA) is 222 Å². The number of H-pyrrole nitrogens is 3. The maximum atomic E-state index is 13.4. The van der Waals surface area contributed by atoms with E-state index in [9.17, 15) is 36.0 Å². The number of fused-ring (bicyclic) bond motifs is 2. The van der Waals surface area contributed by atoms with Gasteiger partial charge in [0.05, 0.1) is 26.4 Å². The first kappa shape index (κ1) is 58.5. The number of ether oxygens (including phenoxy) is 1. The van der Waals surface area contributed by atoms with Crippen LogP contribution in [0.4, 0.5) is 0 Å². The summed E-state index contributed by atoms with van der Waals surface area (Å²) in [7, 11) is -2.41. The van der Waals surface area contributed by atoms with Crippen LogP contribution in [0.3, 0.4) is 0 Å². The number of amides is 2. The van der Waals surface area contributed by atoms with Gasteiger partial charge in [0.1, 0.15) is 0 Å². The number of hydrogen-bond acceptors (Lipinski definition) is 9. The predicted octanol–water partition coefficient (Wildman–Crippen LogP) is 6.30. The molecule has 72 heavy (non-hydrogen) atoms. The smallest absolute Gasteiger partial charge is 1.00 e. The Morgan fingerprint density at radius 1 is 0.625 bits per heavy atom. The molecule has 0 unspecified atom stereocenters. The molecule has 5 N–H and O–H groups in total. The number of carbonyl (C=O) groups is 2. The number of halogens is 1. The third kappa shape index (κ3) is 14.3. The molecule has 0 aliphatic carbocycles. The van der Waals surface area contributed by atoms with Gasteiger partial charge in [0.25, 0.3) is 42.0 Å². The number of benzene rings is 4. The van der Waals surface area contributed by atoms with Gasteiger partial charge >= 0.3 is 29.6 Å². The summed E-state index contributed by atoms with van der Waals surface area (Å²) in [6.45, 7) is 13.0. The van der Waals surface area contributed by atoms with E-state index in [4.69, 9.17) is 15.4 Å². The monoisotopic (exact) mass is 1050 g/mol. The second-order valence-electron chi connectivity index (χ2n) is 16.6. The first-order valence-electron chi connectivity index (χ1n) is 22.3. The summed E-state index contributed by atoms with van der Waals surface area (Å²) in [4.78, 5) is 59.0. The Morgan fingerprint density at radius 2 is 1.07 bits per heavy atom. The molecule has 15 nitrogen and oxygen atoms in total. The van der Waals surface area contributed by atoms with Crippen LogP contribution in [0.15, 0.2) is 141 Å². The van der Waals surface area contributed by atoms with Crippen molar-refractivity contribution < 1.29 is 62.1 Å². The summed E-state index contributed by atoms with van der Waals surface area (Å²) in [5.41, 5.74) is 7.21. The summed E-state index contributed by atoms with van der Waals surface area (Å²) in [6.07, 6.45) is 2.56. The third-order valence-electron chi connectivity index (χ3n) is 11.4. The van der Waals surface area contributed by atoms with Crippen LogP contribution in [-0.4, -0.2) is 60.8 Å². The summed E-state index contributed by atoms with van der Waals surface area (Å²) < 4.78 is 54.1. The van der Waals surface area contributed by atoms with Gasteiger partial charge in [-0.3, -0.25) is 19.2 Å². The number of hydrogen-bond donors (Lipinski definition) is 5. The minimum absolute atomic E-state index is 0. The van der Waals surface area contributed by atoms with Crippen molar-refractivity contribution in [1.29, 1.82) is 0 Å². The molecule has 4 aromatic carbocycles. The molecule has 0 spiro atoms. The van der Waals surface area contributed by atoms with E-state index in [-0.39, 0.29) is 83.9 Å². The van der Waals surface area contributed by atoms with E-state index < -0.39 is 25.0 Å². The molecular formula is C53H60ClN6NaO9S2. The van der Waals surface area contributed by atoms with Gasteiger partial charge in [0, 0.05) is 87.2 Å². The summed E-state index contributed by atoms with van der Waals surface area (Å²) in [6, 6.07) is 34.3. The Labute approximate surface area is 448 Å². The zero-order valence-corrected chi connectivity index (χ0v) is 45.0. The average molecular weight is 1050 g/mol. The summed E-state index contributed by atoms with van der Waals surface area (Å²) >= 11 is 0. The molecular weight excluding hydrogens is 987 g/mol. The molecule has 0 radical (unpaired) electrons. The van der Waals surface area contributed by atoms with E-state index in [1.54, 1.807) is 74.5 Å². The van der Waals surface area contributed by atoms with E-state index in [1.165, 1.54) is 41.1 Å². The predicted molar refractivity (Wildman–Crippen MR) is 282 cm³/mol. The van der Waals surface area contributed by atoms with Crippen LogP contribution in [0.5, 0.6) is 0 Å². The van der Waals surface area contributed by atoms with E-state index in [0.29, 0.717) is 33.3 Å². The van der Waals surface area contributed by atoms with Crippen LogP contribution in [-0.2, 0) is 36.9 Å². The van der Waals surface area contributed by atoms with Gasteiger partial charge in [0.15, 0.2) is 0 Å². The molecule has 8 aromatic rings. The molecule has 1 aliphatic heterocycles. The quantitative estimate of drug-likeness (QED) is 0.0808. The van der Waals surface area contributed by atoms with Gasteiger partial charge in [-0.2, -0.15) is 0 Å². The van der Waals surface area contributed by atoms with E-state index in [0.717, 1.165) is 52.3 Å². The number of nitrogens with one attached hydrogen (secondary N) is 5. The largest absolute Gasteiger partial charge is 1.00 e. The molecule has 19 heteroatoms. The Morgan fingerprint density at radius 3 is 1.53 bits per heavy atom. The van der Waals surface area contributed by atoms with Crippen molar-refractivity contribution >= 4 is 63.4 Å². The van der Waals surface area contributed by atoms with E-state index in [2.05, 4.69) is 25.6 Å². The number of para-hydroxylation sites is 2. The third-order valence-corrected chi connectivity index (χ3v) is 14.6. The fraction of sp³-hybridized carbons (Fsp3) is 0.245. The van der Waals surface area contributed by atoms with Crippen molar-refractivity contribution in [3.05, 3.63) is 198 Å². The van der Waals surface area contributed by atoms with Crippen LogP contribution in [0.1, 0.15) is 87.4 Å². The molecule has 1 fully saturated rings. The van der Waals surface area contributed by atoms with Crippen molar-refractivity contribution in [3.63, 3.8) is 0 Å². The Bertz CT molecular complexity index is 3520.